The smallest absolute Gasteiger partial charge is 0.0965 e. The van der Waals surface area contributed by atoms with Crippen LogP contribution in [0.5, 0.6) is 0 Å². The second-order valence-electron chi connectivity index (χ2n) is 5.38. The number of hydrogen-bond donors (Lipinski definition) is 2. The average molecular weight is 267 g/mol. The highest BCUT2D eigenvalue weighted by Gasteiger charge is 2.19. The van der Waals surface area contributed by atoms with Gasteiger partial charge in [-0.3, -0.25) is 0 Å². The fourth-order valence-electron chi connectivity index (χ4n) is 2.66. The van der Waals surface area contributed by atoms with E-state index in [9.17, 15) is 0 Å². The monoisotopic (exact) mass is 267 g/mol. The molecular weight excluding hydrogens is 242 g/mol. The first kappa shape index (κ1) is 14.0. The standard InChI is InChI=1S/C14H25N3S/c1-3-12-4-5-16-13(8-12)10-15-9-11(2)14-17-6-7-18-14/h6-7,11-13,15-16H,3-5,8-10H2,1-2H3. The Morgan fingerprint density at radius 2 is 2.50 bits per heavy atom. The number of rotatable bonds is 6. The van der Waals surface area contributed by atoms with Crippen molar-refractivity contribution < 1.29 is 0 Å². The summed E-state index contributed by atoms with van der Waals surface area (Å²) in [5, 5.41) is 10.5. The summed E-state index contributed by atoms with van der Waals surface area (Å²) in [6.45, 7) is 7.86. The second kappa shape index (κ2) is 7.22. The van der Waals surface area contributed by atoms with Crippen LogP contribution in [0.1, 0.15) is 44.0 Å². The molecule has 18 heavy (non-hydrogen) atoms. The molecule has 4 heteroatoms. The van der Waals surface area contributed by atoms with E-state index in [1.807, 2.05) is 6.20 Å². The van der Waals surface area contributed by atoms with Gasteiger partial charge in [-0.2, -0.15) is 0 Å². The van der Waals surface area contributed by atoms with Gasteiger partial charge in [0.25, 0.3) is 0 Å². The molecule has 0 bridgehead atoms. The van der Waals surface area contributed by atoms with Gasteiger partial charge in [-0.15, -0.1) is 11.3 Å². The summed E-state index contributed by atoms with van der Waals surface area (Å²) in [6.07, 6.45) is 5.90. The summed E-state index contributed by atoms with van der Waals surface area (Å²) in [6, 6.07) is 0.659. The van der Waals surface area contributed by atoms with E-state index in [1.54, 1.807) is 11.3 Å². The first-order valence-electron chi connectivity index (χ1n) is 7.13. The van der Waals surface area contributed by atoms with Crippen LogP contribution in [0.15, 0.2) is 11.6 Å². The molecule has 1 fully saturated rings. The predicted molar refractivity (Wildman–Crippen MR) is 78.2 cm³/mol. The molecule has 0 aliphatic carbocycles. The van der Waals surface area contributed by atoms with Gasteiger partial charge in [-0.05, 0) is 25.3 Å². The maximum absolute atomic E-state index is 4.37. The highest BCUT2D eigenvalue weighted by atomic mass is 32.1. The molecule has 2 rings (SSSR count). The molecule has 0 radical (unpaired) electrons. The van der Waals surface area contributed by atoms with E-state index in [1.165, 1.54) is 30.8 Å². The average Bonchev–Trinajstić information content (AvgIpc) is 2.93. The second-order valence-corrected chi connectivity index (χ2v) is 6.31. The normalized spacial score (nSPS) is 26.1. The number of aromatic nitrogens is 1. The Kier molecular flexibility index (Phi) is 5.60. The van der Waals surface area contributed by atoms with Gasteiger partial charge in [0.1, 0.15) is 0 Å². The molecule has 2 N–H and O–H groups in total. The number of piperidine rings is 1. The predicted octanol–water partition coefficient (Wildman–Crippen LogP) is 2.61. The molecule has 102 valence electrons. The maximum atomic E-state index is 4.37. The number of hydrogen-bond acceptors (Lipinski definition) is 4. The maximum Gasteiger partial charge on any atom is 0.0965 e. The van der Waals surface area contributed by atoms with Crippen molar-refractivity contribution in [3.63, 3.8) is 0 Å². The molecule has 0 saturated carbocycles. The van der Waals surface area contributed by atoms with Crippen molar-refractivity contribution in [2.75, 3.05) is 19.6 Å². The largest absolute Gasteiger partial charge is 0.314 e. The van der Waals surface area contributed by atoms with E-state index < -0.39 is 0 Å². The minimum atomic E-state index is 0.524. The lowest BCUT2D eigenvalue weighted by molar-refractivity contribution is 0.287. The van der Waals surface area contributed by atoms with Crippen molar-refractivity contribution in [1.82, 2.24) is 15.6 Å². The zero-order chi connectivity index (χ0) is 12.8. The van der Waals surface area contributed by atoms with Gasteiger partial charge >= 0.3 is 0 Å². The zero-order valence-corrected chi connectivity index (χ0v) is 12.3. The van der Waals surface area contributed by atoms with E-state index >= 15 is 0 Å². The lowest BCUT2D eigenvalue weighted by Gasteiger charge is -2.30. The highest BCUT2D eigenvalue weighted by molar-refractivity contribution is 7.09. The van der Waals surface area contributed by atoms with Crippen LogP contribution in [0.3, 0.4) is 0 Å². The van der Waals surface area contributed by atoms with Gasteiger partial charge in [0, 0.05) is 36.6 Å². The topological polar surface area (TPSA) is 37.0 Å². The lowest BCUT2D eigenvalue weighted by Crippen LogP contribution is -2.45. The summed E-state index contributed by atoms with van der Waals surface area (Å²) in [5.41, 5.74) is 0. The van der Waals surface area contributed by atoms with Crippen molar-refractivity contribution in [2.45, 2.75) is 45.1 Å². The summed E-state index contributed by atoms with van der Waals surface area (Å²) in [5.74, 6) is 1.45. The Balaban J connectivity index is 1.66. The molecule has 0 amide bonds. The first-order valence-corrected chi connectivity index (χ1v) is 8.01. The van der Waals surface area contributed by atoms with Gasteiger partial charge in [0.2, 0.25) is 0 Å². The summed E-state index contributed by atoms with van der Waals surface area (Å²) in [7, 11) is 0. The minimum Gasteiger partial charge on any atom is -0.314 e. The molecule has 1 aromatic heterocycles. The van der Waals surface area contributed by atoms with Crippen LogP contribution in [0, 0.1) is 5.92 Å². The fourth-order valence-corrected chi connectivity index (χ4v) is 3.36. The summed E-state index contributed by atoms with van der Waals surface area (Å²) in [4.78, 5) is 4.37. The molecule has 2 heterocycles. The third-order valence-corrected chi connectivity index (χ3v) is 4.90. The van der Waals surface area contributed by atoms with Crippen molar-refractivity contribution in [2.24, 2.45) is 5.92 Å². The molecule has 3 atom stereocenters. The quantitative estimate of drug-likeness (QED) is 0.832. The van der Waals surface area contributed by atoms with Gasteiger partial charge in [-0.25, -0.2) is 4.98 Å². The van der Waals surface area contributed by atoms with Crippen LogP contribution in [0.2, 0.25) is 0 Å². The SMILES string of the molecule is CCC1CCNC(CNCC(C)c2nccs2)C1. The molecule has 3 unspecified atom stereocenters. The van der Waals surface area contributed by atoms with Crippen LogP contribution < -0.4 is 10.6 Å². The molecule has 1 aliphatic rings. The molecule has 3 nitrogen and oxygen atoms in total. The van der Waals surface area contributed by atoms with E-state index in [2.05, 4.69) is 34.8 Å². The van der Waals surface area contributed by atoms with E-state index in [-0.39, 0.29) is 0 Å². The minimum absolute atomic E-state index is 0.524. The number of nitrogens with zero attached hydrogens (tertiary/aromatic N) is 1. The van der Waals surface area contributed by atoms with Gasteiger partial charge in [-0.1, -0.05) is 20.3 Å². The first-order chi connectivity index (χ1) is 8.79. The van der Waals surface area contributed by atoms with Crippen LogP contribution in [0.4, 0.5) is 0 Å². The molecule has 1 aromatic rings. The highest BCUT2D eigenvalue weighted by Crippen LogP contribution is 2.19. The van der Waals surface area contributed by atoms with Crippen LogP contribution in [-0.2, 0) is 0 Å². The van der Waals surface area contributed by atoms with Gasteiger partial charge in [0.05, 0.1) is 5.01 Å². The molecular formula is C14H25N3S. The third-order valence-electron chi connectivity index (χ3n) is 3.90. The number of thiazole rings is 1. The fraction of sp³-hybridized carbons (Fsp3) is 0.786. The Labute approximate surface area is 114 Å². The van der Waals surface area contributed by atoms with Gasteiger partial charge < -0.3 is 10.6 Å². The van der Waals surface area contributed by atoms with E-state index in [4.69, 9.17) is 0 Å². The number of nitrogens with one attached hydrogen (secondary N) is 2. The van der Waals surface area contributed by atoms with Gasteiger partial charge in [0.15, 0.2) is 0 Å². The molecule has 0 spiro atoms. The Bertz CT molecular complexity index is 326. The Morgan fingerprint density at radius 3 is 3.22 bits per heavy atom. The van der Waals surface area contributed by atoms with Crippen LogP contribution in [0.25, 0.3) is 0 Å². The zero-order valence-electron chi connectivity index (χ0n) is 11.5. The van der Waals surface area contributed by atoms with Crippen molar-refractivity contribution >= 4 is 11.3 Å². The van der Waals surface area contributed by atoms with E-state index in [0.29, 0.717) is 12.0 Å². The Hall–Kier alpha value is -0.450. The van der Waals surface area contributed by atoms with Crippen LogP contribution in [-0.4, -0.2) is 30.7 Å². The molecule has 1 aliphatic heterocycles. The third kappa shape index (κ3) is 4.04. The Morgan fingerprint density at radius 1 is 1.61 bits per heavy atom. The summed E-state index contributed by atoms with van der Waals surface area (Å²) < 4.78 is 0. The lowest BCUT2D eigenvalue weighted by atomic mass is 9.90. The van der Waals surface area contributed by atoms with Crippen molar-refractivity contribution in [1.29, 1.82) is 0 Å². The van der Waals surface area contributed by atoms with Crippen molar-refractivity contribution in [3.05, 3.63) is 16.6 Å². The van der Waals surface area contributed by atoms with Crippen LogP contribution >= 0.6 is 11.3 Å². The van der Waals surface area contributed by atoms with Crippen molar-refractivity contribution in [3.8, 4) is 0 Å². The van der Waals surface area contributed by atoms with E-state index in [0.717, 1.165) is 19.0 Å². The molecule has 1 saturated heterocycles. The molecule has 0 aromatic carbocycles. The summed E-state index contributed by atoms with van der Waals surface area (Å²) >= 11 is 1.75.